The molecule has 154 valence electrons. The van der Waals surface area contributed by atoms with E-state index < -0.39 is 5.54 Å². The Labute approximate surface area is 178 Å². The molecule has 0 radical (unpaired) electrons. The Kier molecular flexibility index (Phi) is 9.69. The lowest BCUT2D eigenvalue weighted by Crippen LogP contribution is -2.57. The smallest absolute Gasteiger partial charge is 0.240 e. The molecular formula is C20H27Cl2N3O3. The third-order valence-electron chi connectivity index (χ3n) is 4.66. The second kappa shape index (κ2) is 11.2. The first kappa shape index (κ1) is 24.2. The van der Waals surface area contributed by atoms with Crippen LogP contribution in [0.1, 0.15) is 37.1 Å². The summed E-state index contributed by atoms with van der Waals surface area (Å²) in [6.07, 6.45) is 2.82. The summed E-state index contributed by atoms with van der Waals surface area (Å²) >= 11 is 0. The van der Waals surface area contributed by atoms with E-state index in [1.54, 1.807) is 6.20 Å². The van der Waals surface area contributed by atoms with Crippen molar-refractivity contribution < 1.29 is 14.3 Å². The van der Waals surface area contributed by atoms with Gasteiger partial charge >= 0.3 is 0 Å². The summed E-state index contributed by atoms with van der Waals surface area (Å²) in [4.78, 5) is 16.8. The molecule has 6 nitrogen and oxygen atoms in total. The zero-order valence-corrected chi connectivity index (χ0v) is 17.4. The van der Waals surface area contributed by atoms with Crippen molar-refractivity contribution in [2.75, 3.05) is 13.2 Å². The normalized spacial score (nSPS) is 16.1. The molecular weight excluding hydrogens is 401 g/mol. The van der Waals surface area contributed by atoms with Gasteiger partial charge in [-0.25, -0.2) is 0 Å². The van der Waals surface area contributed by atoms with Crippen LogP contribution < -0.4 is 15.8 Å². The first-order valence-electron chi connectivity index (χ1n) is 8.87. The number of nitrogens with zero attached hydrogens (tertiary/aromatic N) is 1. The number of nitrogens with one attached hydrogen (secondary N) is 1. The van der Waals surface area contributed by atoms with Crippen LogP contribution >= 0.6 is 24.8 Å². The van der Waals surface area contributed by atoms with Crippen molar-refractivity contribution in [3.05, 3.63) is 59.9 Å². The Morgan fingerprint density at radius 2 is 2.00 bits per heavy atom. The first-order valence-corrected chi connectivity index (χ1v) is 8.87. The van der Waals surface area contributed by atoms with Crippen LogP contribution in [0.3, 0.4) is 0 Å². The summed E-state index contributed by atoms with van der Waals surface area (Å²) in [5.74, 6) is 0.607. The van der Waals surface area contributed by atoms with E-state index in [1.165, 1.54) is 0 Å². The Balaban J connectivity index is 0.00000196. The first-order chi connectivity index (χ1) is 12.6. The number of pyridine rings is 1. The number of rotatable bonds is 6. The highest BCUT2D eigenvalue weighted by Crippen LogP contribution is 2.23. The second-order valence-corrected chi connectivity index (χ2v) is 6.65. The Morgan fingerprint density at radius 3 is 2.68 bits per heavy atom. The maximum absolute atomic E-state index is 12.6. The summed E-state index contributed by atoms with van der Waals surface area (Å²) in [6.45, 7) is 3.39. The van der Waals surface area contributed by atoms with Crippen LogP contribution in [0, 0.1) is 0 Å². The van der Waals surface area contributed by atoms with Gasteiger partial charge in [0.05, 0.1) is 17.3 Å². The van der Waals surface area contributed by atoms with E-state index in [-0.39, 0.29) is 36.8 Å². The van der Waals surface area contributed by atoms with Gasteiger partial charge in [-0.1, -0.05) is 18.2 Å². The van der Waals surface area contributed by atoms with E-state index in [0.29, 0.717) is 32.7 Å². The summed E-state index contributed by atoms with van der Waals surface area (Å²) in [5.41, 5.74) is 7.23. The number of benzene rings is 1. The average Bonchev–Trinajstić information content (AvgIpc) is 2.68. The molecule has 28 heavy (non-hydrogen) atoms. The number of hydrogen-bond acceptors (Lipinski definition) is 5. The second-order valence-electron chi connectivity index (χ2n) is 6.65. The molecule has 1 aliphatic heterocycles. The van der Waals surface area contributed by atoms with Gasteiger partial charge in [0.2, 0.25) is 5.91 Å². The van der Waals surface area contributed by atoms with Crippen LogP contribution in [-0.2, 0) is 16.1 Å². The van der Waals surface area contributed by atoms with Crippen LogP contribution in [0.15, 0.2) is 48.7 Å². The van der Waals surface area contributed by atoms with Crippen molar-refractivity contribution in [2.24, 2.45) is 5.73 Å². The maximum atomic E-state index is 12.6. The lowest BCUT2D eigenvalue weighted by Gasteiger charge is -2.33. The number of halogens is 2. The maximum Gasteiger partial charge on any atom is 0.240 e. The van der Waals surface area contributed by atoms with Gasteiger partial charge in [0.1, 0.15) is 12.4 Å². The van der Waals surface area contributed by atoms with E-state index in [4.69, 9.17) is 15.2 Å². The molecule has 1 aromatic carbocycles. The molecule has 0 bridgehead atoms. The van der Waals surface area contributed by atoms with Crippen molar-refractivity contribution in [3.8, 4) is 5.75 Å². The quantitative estimate of drug-likeness (QED) is 0.738. The van der Waals surface area contributed by atoms with E-state index in [9.17, 15) is 4.79 Å². The molecule has 1 aliphatic rings. The van der Waals surface area contributed by atoms with Crippen LogP contribution in [-0.4, -0.2) is 29.6 Å². The van der Waals surface area contributed by atoms with Crippen molar-refractivity contribution in [2.45, 2.75) is 38.0 Å². The van der Waals surface area contributed by atoms with Crippen molar-refractivity contribution >= 4 is 30.7 Å². The van der Waals surface area contributed by atoms with E-state index in [1.807, 2.05) is 49.4 Å². The molecule has 1 unspecified atom stereocenters. The molecule has 0 spiro atoms. The molecule has 3 rings (SSSR count). The molecule has 8 heteroatoms. The highest BCUT2D eigenvalue weighted by Gasteiger charge is 2.36. The van der Waals surface area contributed by atoms with E-state index in [0.717, 1.165) is 17.0 Å². The Morgan fingerprint density at radius 1 is 1.25 bits per heavy atom. The van der Waals surface area contributed by atoms with Gasteiger partial charge in [0.25, 0.3) is 0 Å². The van der Waals surface area contributed by atoms with Crippen molar-refractivity contribution in [1.82, 2.24) is 10.3 Å². The Bertz CT molecular complexity index is 740. The van der Waals surface area contributed by atoms with E-state index >= 15 is 0 Å². The van der Waals surface area contributed by atoms with Gasteiger partial charge in [0, 0.05) is 19.4 Å². The van der Waals surface area contributed by atoms with Gasteiger partial charge in [-0.2, -0.15) is 0 Å². The summed E-state index contributed by atoms with van der Waals surface area (Å²) < 4.78 is 11.1. The van der Waals surface area contributed by atoms with Crippen LogP contribution in [0.2, 0.25) is 0 Å². The van der Waals surface area contributed by atoms with Crippen LogP contribution in [0.4, 0.5) is 0 Å². The molecule has 1 saturated heterocycles. The Hall–Kier alpha value is -1.86. The van der Waals surface area contributed by atoms with Gasteiger partial charge in [-0.3, -0.25) is 9.78 Å². The minimum absolute atomic E-state index is 0. The molecule has 1 aromatic heterocycles. The minimum atomic E-state index is -0.848. The highest BCUT2D eigenvalue weighted by molar-refractivity contribution is 5.86. The standard InChI is InChI=1S/C20H25N3O3.2ClH/c1-15(23-19(24)20(21)8-11-25-12-9-20)16-5-4-7-18(13-16)26-14-17-6-2-3-10-22-17;;/h2-7,10,13,15H,8-9,11-12,14,21H2,1H3,(H,23,24);2*1H. The number of carbonyl (C=O) groups excluding carboxylic acids is 1. The lowest BCUT2D eigenvalue weighted by atomic mass is 9.90. The molecule has 1 amide bonds. The number of aromatic nitrogens is 1. The zero-order chi connectivity index (χ0) is 18.4. The zero-order valence-electron chi connectivity index (χ0n) is 15.8. The third-order valence-corrected chi connectivity index (χ3v) is 4.66. The number of carbonyl (C=O) groups is 1. The van der Waals surface area contributed by atoms with Gasteiger partial charge in [0.15, 0.2) is 0 Å². The fourth-order valence-electron chi connectivity index (χ4n) is 2.90. The molecule has 2 heterocycles. The van der Waals surface area contributed by atoms with Gasteiger partial charge in [-0.05, 0) is 49.6 Å². The van der Waals surface area contributed by atoms with Gasteiger partial charge < -0.3 is 20.5 Å². The molecule has 2 aromatic rings. The topological polar surface area (TPSA) is 86.5 Å². The van der Waals surface area contributed by atoms with Crippen molar-refractivity contribution in [3.63, 3.8) is 0 Å². The molecule has 0 saturated carbocycles. The van der Waals surface area contributed by atoms with Gasteiger partial charge in [-0.15, -0.1) is 24.8 Å². The monoisotopic (exact) mass is 427 g/mol. The number of amides is 1. The summed E-state index contributed by atoms with van der Waals surface area (Å²) in [5, 5.41) is 3.02. The predicted octanol–water partition coefficient (Wildman–Crippen LogP) is 3.19. The average molecular weight is 428 g/mol. The minimum Gasteiger partial charge on any atom is -0.487 e. The van der Waals surface area contributed by atoms with Crippen molar-refractivity contribution in [1.29, 1.82) is 0 Å². The SMILES string of the molecule is CC(NC(=O)C1(N)CCOCC1)c1cccc(OCc2ccccn2)c1.Cl.Cl. The predicted molar refractivity (Wildman–Crippen MR) is 113 cm³/mol. The fraction of sp³-hybridized carbons (Fsp3) is 0.400. The van der Waals surface area contributed by atoms with Crippen LogP contribution in [0.5, 0.6) is 5.75 Å². The number of nitrogens with two attached hydrogens (primary N) is 1. The highest BCUT2D eigenvalue weighted by atomic mass is 35.5. The number of ether oxygens (including phenoxy) is 2. The summed E-state index contributed by atoms with van der Waals surface area (Å²) in [7, 11) is 0. The molecule has 1 atom stereocenters. The van der Waals surface area contributed by atoms with Crippen LogP contribution in [0.25, 0.3) is 0 Å². The number of hydrogen-bond donors (Lipinski definition) is 2. The molecule has 1 fully saturated rings. The fourth-order valence-corrected chi connectivity index (χ4v) is 2.90. The molecule has 3 N–H and O–H groups in total. The van der Waals surface area contributed by atoms with E-state index in [2.05, 4.69) is 10.3 Å². The largest absolute Gasteiger partial charge is 0.487 e. The molecule has 0 aliphatic carbocycles. The third kappa shape index (κ3) is 6.34. The summed E-state index contributed by atoms with van der Waals surface area (Å²) in [6, 6.07) is 13.3. The lowest BCUT2D eigenvalue weighted by molar-refractivity contribution is -0.130.